The number of carbonyl (C=O) groups excluding carboxylic acids is 2. The van der Waals surface area contributed by atoms with Crippen LogP contribution in [0.25, 0.3) is 6.08 Å². The summed E-state index contributed by atoms with van der Waals surface area (Å²) in [6, 6.07) is 7.95. The molecule has 1 aromatic heterocycles. The fourth-order valence-electron chi connectivity index (χ4n) is 7.61. The Hall–Kier alpha value is -3.32. The van der Waals surface area contributed by atoms with Gasteiger partial charge in [-0.05, 0) is 49.5 Å². The highest BCUT2D eigenvalue weighted by atomic mass is 16.6. The van der Waals surface area contributed by atoms with Crippen molar-refractivity contribution in [3.8, 4) is 5.75 Å². The fourth-order valence-corrected chi connectivity index (χ4v) is 7.61. The number of benzene rings is 1. The lowest BCUT2D eigenvalue weighted by atomic mass is 9.48. The van der Waals surface area contributed by atoms with E-state index < -0.39 is 11.0 Å². The lowest BCUT2D eigenvalue weighted by Gasteiger charge is -2.65. The second-order valence-electron chi connectivity index (χ2n) is 10.5. The average molecular weight is 489 g/mol. The Morgan fingerprint density at radius 3 is 2.92 bits per heavy atom. The van der Waals surface area contributed by atoms with Crippen molar-refractivity contribution in [1.29, 1.82) is 0 Å². The molecule has 1 saturated carbocycles. The van der Waals surface area contributed by atoms with Crippen molar-refractivity contribution in [1.82, 2.24) is 9.80 Å². The topological polar surface area (TPSA) is 72.2 Å². The van der Waals surface area contributed by atoms with Gasteiger partial charge in [0.05, 0.1) is 30.0 Å². The summed E-state index contributed by atoms with van der Waals surface area (Å²) in [5.41, 5.74) is 2.07. The Kier molecular flexibility index (Phi) is 5.37. The normalized spacial score (nSPS) is 32.0. The highest BCUT2D eigenvalue weighted by molar-refractivity contribution is 5.92. The molecule has 7 heteroatoms. The van der Waals surface area contributed by atoms with Gasteiger partial charge in [0, 0.05) is 44.3 Å². The van der Waals surface area contributed by atoms with Crippen LogP contribution in [0.4, 0.5) is 0 Å². The molecule has 2 aliphatic heterocycles. The summed E-state index contributed by atoms with van der Waals surface area (Å²) in [4.78, 5) is 30.1. The highest BCUT2D eigenvalue weighted by Crippen LogP contribution is 2.65. The van der Waals surface area contributed by atoms with Crippen LogP contribution in [0.15, 0.2) is 59.9 Å². The number of nitrogens with zero attached hydrogens (tertiary/aromatic N) is 2. The number of likely N-dealkylation sites (tertiary alicyclic amines) is 1. The van der Waals surface area contributed by atoms with E-state index in [9.17, 15) is 9.59 Å². The minimum Gasteiger partial charge on any atom is -0.487 e. The number of rotatable bonds is 6. The number of amides is 1. The van der Waals surface area contributed by atoms with Crippen LogP contribution in [-0.4, -0.2) is 65.6 Å². The summed E-state index contributed by atoms with van der Waals surface area (Å²) in [7, 11) is 1.85. The van der Waals surface area contributed by atoms with E-state index >= 15 is 0 Å². The largest absolute Gasteiger partial charge is 0.487 e. The number of ether oxygens (including phenoxy) is 2. The molecule has 2 aliphatic carbocycles. The second kappa shape index (κ2) is 8.37. The lowest BCUT2D eigenvalue weighted by Crippen LogP contribution is -2.79. The van der Waals surface area contributed by atoms with Crippen LogP contribution in [0.5, 0.6) is 5.75 Å². The van der Waals surface area contributed by atoms with Gasteiger partial charge < -0.3 is 18.8 Å². The first-order valence-electron chi connectivity index (χ1n) is 12.7. The predicted molar refractivity (Wildman–Crippen MR) is 134 cm³/mol. The van der Waals surface area contributed by atoms with Crippen molar-refractivity contribution in [2.75, 3.05) is 20.1 Å². The van der Waals surface area contributed by atoms with Crippen LogP contribution in [-0.2, 0) is 26.2 Å². The van der Waals surface area contributed by atoms with Crippen LogP contribution in [0.3, 0.4) is 0 Å². The van der Waals surface area contributed by atoms with Crippen molar-refractivity contribution >= 4 is 18.0 Å². The van der Waals surface area contributed by atoms with Crippen molar-refractivity contribution in [2.45, 2.75) is 61.8 Å². The third-order valence-corrected chi connectivity index (χ3v) is 8.90. The molecule has 2 aromatic rings. The Morgan fingerprint density at radius 1 is 1.31 bits per heavy atom. The van der Waals surface area contributed by atoms with Crippen molar-refractivity contribution in [2.24, 2.45) is 0 Å². The Morgan fingerprint density at radius 2 is 2.17 bits per heavy atom. The van der Waals surface area contributed by atoms with Crippen molar-refractivity contribution in [3.05, 3.63) is 72.2 Å². The van der Waals surface area contributed by atoms with Gasteiger partial charge in [-0.2, -0.15) is 0 Å². The van der Waals surface area contributed by atoms with Gasteiger partial charge in [0.15, 0.2) is 0 Å². The van der Waals surface area contributed by atoms with Gasteiger partial charge in [0.1, 0.15) is 17.5 Å². The molecular formula is C29H32N2O5. The molecule has 2 bridgehead atoms. The molecular weight excluding hydrogens is 456 g/mol. The maximum atomic E-state index is 13.3. The van der Waals surface area contributed by atoms with Crippen molar-refractivity contribution in [3.63, 3.8) is 0 Å². The average Bonchev–Trinajstić information content (AvgIpc) is 3.49. The first kappa shape index (κ1) is 23.1. The third-order valence-electron chi connectivity index (χ3n) is 8.90. The molecule has 7 nitrogen and oxygen atoms in total. The first-order chi connectivity index (χ1) is 17.4. The second-order valence-corrected chi connectivity index (χ2v) is 10.5. The molecule has 1 aromatic carbocycles. The molecule has 6 rings (SSSR count). The zero-order valence-corrected chi connectivity index (χ0v) is 20.8. The minimum atomic E-state index is -0.711. The number of likely N-dealkylation sites (N-methyl/N-ethyl adjacent to an activating group) is 1. The molecule has 1 spiro atoms. The van der Waals surface area contributed by atoms with Gasteiger partial charge in [-0.25, -0.2) is 0 Å². The van der Waals surface area contributed by atoms with E-state index in [1.807, 2.05) is 31.3 Å². The van der Waals surface area contributed by atoms with E-state index in [1.54, 1.807) is 29.6 Å². The van der Waals surface area contributed by atoms with Gasteiger partial charge in [0.25, 0.3) is 0 Å². The summed E-state index contributed by atoms with van der Waals surface area (Å²) in [5, 5.41) is 0. The van der Waals surface area contributed by atoms with Gasteiger partial charge in [-0.1, -0.05) is 18.2 Å². The standard InChI is InChI=1S/C29H32N2O5/c1-4-14-31-15-13-28-26-21-6-5-7-23(26)35-27(28)22(10-12-29(28,24(31)17-21)36-19(2)32)30(3)25(33)9-8-20-11-16-34-18-20/h4-9,11,16,18,22,24,27H,1,10,12-15,17H2,2-3H3/b9-8+/t22-,24-,27+,28+,29-/m1/s1. The van der Waals surface area contributed by atoms with Gasteiger partial charge in [-0.15, -0.1) is 6.58 Å². The summed E-state index contributed by atoms with van der Waals surface area (Å²) < 4.78 is 18.3. The molecule has 1 amide bonds. The van der Waals surface area contributed by atoms with E-state index in [4.69, 9.17) is 13.9 Å². The predicted octanol–water partition coefficient (Wildman–Crippen LogP) is 3.73. The smallest absolute Gasteiger partial charge is 0.303 e. The first-order valence-corrected chi connectivity index (χ1v) is 12.7. The number of furan rings is 1. The van der Waals surface area contributed by atoms with E-state index in [0.717, 1.165) is 37.2 Å². The fraction of sp³-hybridized carbons (Fsp3) is 0.448. The number of hydrogen-bond donors (Lipinski definition) is 0. The van der Waals surface area contributed by atoms with Crippen LogP contribution in [0, 0.1) is 0 Å². The zero-order chi connectivity index (χ0) is 25.1. The zero-order valence-electron chi connectivity index (χ0n) is 20.8. The summed E-state index contributed by atoms with van der Waals surface area (Å²) >= 11 is 0. The maximum absolute atomic E-state index is 13.3. The number of carbonyl (C=O) groups is 2. The lowest BCUT2D eigenvalue weighted by molar-refractivity contribution is -0.222. The molecule has 3 heterocycles. The van der Waals surface area contributed by atoms with Crippen LogP contribution >= 0.6 is 0 Å². The van der Waals surface area contributed by atoms with Crippen LogP contribution in [0.2, 0.25) is 0 Å². The molecule has 0 radical (unpaired) electrons. The van der Waals surface area contributed by atoms with Crippen LogP contribution in [0.1, 0.15) is 42.9 Å². The van der Waals surface area contributed by atoms with Crippen molar-refractivity contribution < 1.29 is 23.5 Å². The van der Waals surface area contributed by atoms with Gasteiger partial charge in [0.2, 0.25) is 5.91 Å². The Labute approximate surface area is 211 Å². The van der Waals surface area contributed by atoms with Gasteiger partial charge in [-0.3, -0.25) is 14.5 Å². The summed E-state index contributed by atoms with van der Waals surface area (Å²) in [6.07, 6.45) is 11.1. The summed E-state index contributed by atoms with van der Waals surface area (Å²) in [6.45, 7) is 7.08. The molecule has 5 atom stereocenters. The van der Waals surface area contributed by atoms with E-state index in [-0.39, 0.29) is 30.1 Å². The Balaban J connectivity index is 1.44. The van der Waals surface area contributed by atoms with Crippen LogP contribution < -0.4 is 4.74 Å². The SMILES string of the molecule is C=CCN1CC[C@]23c4c5cccc4O[C@H]2[C@H](N(C)C(=O)/C=C/c2ccoc2)CC[C@@]3(OC(C)=O)[C@H]1C5. The van der Waals surface area contributed by atoms with Gasteiger partial charge >= 0.3 is 5.97 Å². The highest BCUT2D eigenvalue weighted by Gasteiger charge is 2.75. The summed E-state index contributed by atoms with van der Waals surface area (Å²) in [5.74, 6) is 0.512. The number of esters is 1. The molecule has 2 fully saturated rings. The number of hydrogen-bond acceptors (Lipinski definition) is 6. The van der Waals surface area contributed by atoms with E-state index in [0.29, 0.717) is 12.8 Å². The third kappa shape index (κ3) is 3.08. The monoisotopic (exact) mass is 488 g/mol. The quantitative estimate of drug-likeness (QED) is 0.351. The molecule has 0 unspecified atom stereocenters. The Bertz CT molecular complexity index is 1240. The van der Waals surface area contributed by atoms with E-state index in [2.05, 4.69) is 17.5 Å². The molecule has 4 aliphatic rings. The molecule has 188 valence electrons. The minimum absolute atomic E-state index is 0.0306. The van der Waals surface area contributed by atoms with E-state index in [1.165, 1.54) is 18.1 Å². The molecule has 1 saturated heterocycles. The maximum Gasteiger partial charge on any atom is 0.303 e. The number of piperidine rings is 1. The molecule has 36 heavy (non-hydrogen) atoms. The molecule has 0 N–H and O–H groups in total.